The van der Waals surface area contributed by atoms with E-state index in [0.717, 1.165) is 42.5 Å². The first-order chi connectivity index (χ1) is 15.8. The highest BCUT2D eigenvalue weighted by atomic mass is 16.5. The number of rotatable bonds is 4. The van der Waals surface area contributed by atoms with E-state index >= 15 is 0 Å². The third-order valence-electron chi connectivity index (χ3n) is 7.29. The predicted molar refractivity (Wildman–Crippen MR) is 124 cm³/mol. The van der Waals surface area contributed by atoms with Crippen LogP contribution >= 0.6 is 0 Å². The fourth-order valence-corrected chi connectivity index (χ4v) is 5.57. The topological polar surface area (TPSA) is 81.7 Å². The predicted octanol–water partition coefficient (Wildman–Crippen LogP) is 4.48. The van der Waals surface area contributed by atoms with Gasteiger partial charge in [0, 0.05) is 22.9 Å². The summed E-state index contributed by atoms with van der Waals surface area (Å²) in [5, 5.41) is 3.33. The normalized spacial score (nSPS) is 25.9. The van der Waals surface area contributed by atoms with Crippen molar-refractivity contribution < 1.29 is 23.9 Å². The minimum atomic E-state index is -0.879. The van der Waals surface area contributed by atoms with E-state index in [1.165, 1.54) is 13.5 Å². The van der Waals surface area contributed by atoms with Crippen LogP contribution in [0.25, 0.3) is 0 Å². The van der Waals surface area contributed by atoms with Gasteiger partial charge in [-0.2, -0.15) is 0 Å². The van der Waals surface area contributed by atoms with Gasteiger partial charge in [0.1, 0.15) is 12.0 Å². The number of carbonyl (C=O) groups excluding carboxylic acids is 3. The maximum atomic E-state index is 13.8. The molecule has 1 fully saturated rings. The minimum absolute atomic E-state index is 0.0932. The van der Waals surface area contributed by atoms with Gasteiger partial charge in [0.2, 0.25) is 0 Å². The molecule has 1 aliphatic heterocycles. The summed E-state index contributed by atoms with van der Waals surface area (Å²) in [5.74, 6) is -2.83. The van der Waals surface area contributed by atoms with Gasteiger partial charge in [0.15, 0.2) is 5.78 Å². The molecule has 0 bridgehead atoms. The Balaban J connectivity index is 1.80. The molecule has 1 aromatic carbocycles. The Hall–Kier alpha value is -2.89. The molecule has 2 aliphatic carbocycles. The average molecular weight is 452 g/mol. The summed E-state index contributed by atoms with van der Waals surface area (Å²) < 4.78 is 10.9. The van der Waals surface area contributed by atoms with E-state index in [1.807, 2.05) is 45.0 Å². The Bertz CT molecular complexity index is 1030. The Kier molecular flexibility index (Phi) is 6.73. The quantitative estimate of drug-likeness (QED) is 0.537. The van der Waals surface area contributed by atoms with Crippen LogP contribution in [0.3, 0.4) is 0 Å². The van der Waals surface area contributed by atoms with Crippen LogP contribution in [0.4, 0.5) is 0 Å². The first-order valence-electron chi connectivity index (χ1n) is 11.9. The molecule has 0 radical (unpaired) electrons. The number of dihydropyridines is 1. The molecule has 3 aliphatic rings. The Morgan fingerprint density at radius 1 is 1.06 bits per heavy atom. The van der Waals surface area contributed by atoms with Crippen molar-refractivity contribution in [2.24, 2.45) is 11.8 Å². The van der Waals surface area contributed by atoms with Crippen LogP contribution in [0.15, 0.2) is 46.8 Å². The second-order valence-corrected chi connectivity index (χ2v) is 9.56. The molecule has 1 N–H and O–H groups in total. The lowest BCUT2D eigenvalue weighted by Gasteiger charge is -2.39. The summed E-state index contributed by atoms with van der Waals surface area (Å²) in [4.78, 5) is 39.8. The molecule has 6 heteroatoms. The molecule has 0 saturated heterocycles. The Morgan fingerprint density at radius 3 is 2.42 bits per heavy atom. The van der Waals surface area contributed by atoms with Gasteiger partial charge in [-0.05, 0) is 63.0 Å². The molecule has 1 saturated carbocycles. The van der Waals surface area contributed by atoms with E-state index in [4.69, 9.17) is 9.47 Å². The number of ether oxygens (including phenoxy) is 2. The van der Waals surface area contributed by atoms with E-state index < -0.39 is 17.8 Å². The molecule has 0 unspecified atom stereocenters. The second-order valence-electron chi connectivity index (χ2n) is 9.56. The molecule has 176 valence electrons. The third-order valence-corrected chi connectivity index (χ3v) is 7.29. The SMILES string of the molecule is COC(=O)[C@@H]1C(=O)C2=C(C[C@@H]1C)NC(C)=C(C(=O)OC1CCCCC1)[C@H]2c1ccccc1C. The van der Waals surface area contributed by atoms with Crippen LogP contribution in [-0.2, 0) is 23.9 Å². The molecule has 1 heterocycles. The number of benzene rings is 1. The standard InChI is InChI=1S/C27H33NO5/c1-15-10-8-9-13-19(15)23-22(27(31)33-18-11-6-5-7-12-18)17(3)28-20-14-16(2)21(26(30)32-4)25(29)24(20)23/h8-10,13,16,18,21,23,28H,5-7,11-12,14H2,1-4H3/t16-,21-,23+/m0/s1. The highest BCUT2D eigenvalue weighted by Crippen LogP contribution is 2.46. The van der Waals surface area contributed by atoms with E-state index in [0.29, 0.717) is 23.3 Å². The number of hydrogen-bond acceptors (Lipinski definition) is 6. The first kappa shape index (κ1) is 23.3. The van der Waals surface area contributed by atoms with Gasteiger partial charge in [-0.1, -0.05) is 37.6 Å². The van der Waals surface area contributed by atoms with Gasteiger partial charge in [-0.25, -0.2) is 4.79 Å². The molecule has 6 nitrogen and oxygen atoms in total. The van der Waals surface area contributed by atoms with Crippen molar-refractivity contribution in [3.8, 4) is 0 Å². The van der Waals surface area contributed by atoms with Gasteiger partial charge in [0.05, 0.1) is 12.7 Å². The van der Waals surface area contributed by atoms with Crippen LogP contribution in [0.1, 0.15) is 69.4 Å². The number of esters is 2. The van der Waals surface area contributed by atoms with Crippen molar-refractivity contribution in [1.29, 1.82) is 0 Å². The number of aryl methyl sites for hydroxylation is 1. The molecule has 3 atom stereocenters. The maximum Gasteiger partial charge on any atom is 0.337 e. The summed E-state index contributed by atoms with van der Waals surface area (Å²) in [7, 11) is 1.31. The number of methoxy groups -OCH3 is 1. The zero-order valence-electron chi connectivity index (χ0n) is 19.9. The fourth-order valence-electron chi connectivity index (χ4n) is 5.57. The second kappa shape index (κ2) is 9.54. The fraction of sp³-hybridized carbons (Fsp3) is 0.519. The Labute approximate surface area is 195 Å². The van der Waals surface area contributed by atoms with Crippen molar-refractivity contribution in [1.82, 2.24) is 5.32 Å². The van der Waals surface area contributed by atoms with E-state index in [-0.39, 0.29) is 23.8 Å². The van der Waals surface area contributed by atoms with E-state index in [9.17, 15) is 14.4 Å². The number of hydrogen-bond donors (Lipinski definition) is 1. The van der Waals surface area contributed by atoms with Crippen LogP contribution < -0.4 is 5.32 Å². The Morgan fingerprint density at radius 2 is 1.76 bits per heavy atom. The van der Waals surface area contributed by atoms with E-state index in [1.54, 1.807) is 0 Å². The highest BCUT2D eigenvalue weighted by molar-refractivity contribution is 6.12. The van der Waals surface area contributed by atoms with Crippen molar-refractivity contribution >= 4 is 17.7 Å². The number of nitrogens with one attached hydrogen (secondary N) is 1. The highest BCUT2D eigenvalue weighted by Gasteiger charge is 2.47. The molecule has 33 heavy (non-hydrogen) atoms. The van der Waals surface area contributed by atoms with Crippen molar-refractivity contribution in [2.45, 2.75) is 71.3 Å². The van der Waals surface area contributed by atoms with Crippen LogP contribution in [0.2, 0.25) is 0 Å². The van der Waals surface area contributed by atoms with Crippen LogP contribution in [-0.4, -0.2) is 30.9 Å². The summed E-state index contributed by atoms with van der Waals surface area (Å²) in [6, 6.07) is 7.78. The van der Waals surface area contributed by atoms with Gasteiger partial charge >= 0.3 is 11.9 Å². The van der Waals surface area contributed by atoms with Crippen LogP contribution in [0.5, 0.6) is 0 Å². The summed E-state index contributed by atoms with van der Waals surface area (Å²) in [6.07, 6.45) is 5.46. The monoisotopic (exact) mass is 451 g/mol. The summed E-state index contributed by atoms with van der Waals surface area (Å²) in [6.45, 7) is 5.73. The lowest BCUT2D eigenvalue weighted by molar-refractivity contribution is -0.151. The van der Waals surface area contributed by atoms with Crippen molar-refractivity contribution in [3.63, 3.8) is 0 Å². The van der Waals surface area contributed by atoms with Gasteiger partial charge in [-0.15, -0.1) is 0 Å². The van der Waals surface area contributed by atoms with E-state index in [2.05, 4.69) is 5.32 Å². The zero-order chi connectivity index (χ0) is 23.7. The largest absolute Gasteiger partial charge is 0.468 e. The van der Waals surface area contributed by atoms with Crippen LogP contribution in [0, 0.1) is 18.8 Å². The lowest BCUT2D eigenvalue weighted by atomic mass is 9.68. The van der Waals surface area contributed by atoms with Crippen molar-refractivity contribution in [3.05, 3.63) is 57.9 Å². The molecular weight excluding hydrogens is 418 g/mol. The average Bonchev–Trinajstić information content (AvgIpc) is 2.79. The minimum Gasteiger partial charge on any atom is -0.468 e. The van der Waals surface area contributed by atoms with Crippen molar-refractivity contribution in [2.75, 3.05) is 7.11 Å². The molecule has 0 spiro atoms. The number of carbonyl (C=O) groups is 3. The third kappa shape index (κ3) is 4.35. The summed E-state index contributed by atoms with van der Waals surface area (Å²) in [5.41, 5.74) is 4.30. The lowest BCUT2D eigenvalue weighted by Crippen LogP contribution is -2.43. The van der Waals surface area contributed by atoms with Gasteiger partial charge in [0.25, 0.3) is 0 Å². The summed E-state index contributed by atoms with van der Waals surface area (Å²) >= 11 is 0. The molecule has 0 aromatic heterocycles. The van der Waals surface area contributed by atoms with Gasteiger partial charge in [-0.3, -0.25) is 9.59 Å². The zero-order valence-corrected chi connectivity index (χ0v) is 19.9. The molecule has 4 rings (SSSR count). The first-order valence-corrected chi connectivity index (χ1v) is 11.9. The number of allylic oxidation sites excluding steroid dienone is 3. The van der Waals surface area contributed by atoms with Gasteiger partial charge < -0.3 is 14.8 Å². The smallest absolute Gasteiger partial charge is 0.337 e. The molecular formula is C27H33NO5. The number of ketones is 1. The molecule has 1 aromatic rings. The molecule has 0 amide bonds. The maximum absolute atomic E-state index is 13.8. The number of Topliss-reactive ketones (excluding diaryl/α,β-unsaturated/α-hetero) is 1.